The Bertz CT molecular complexity index is 611. The number of aromatic nitrogens is 1. The van der Waals surface area contributed by atoms with Gasteiger partial charge in [0, 0.05) is 10.7 Å². The molecule has 0 spiro atoms. The number of anilines is 2. The molecule has 0 saturated carbocycles. The van der Waals surface area contributed by atoms with Crippen LogP contribution in [0, 0.1) is 6.92 Å². The molecule has 20 heavy (non-hydrogen) atoms. The van der Waals surface area contributed by atoms with Crippen LogP contribution >= 0.6 is 15.9 Å². The monoisotopic (exact) mass is 334 g/mol. The Balaban J connectivity index is 2.33. The first kappa shape index (κ1) is 14.9. The van der Waals surface area contributed by atoms with E-state index in [-0.39, 0.29) is 0 Å². The highest BCUT2D eigenvalue weighted by Crippen LogP contribution is 2.31. The lowest BCUT2D eigenvalue weighted by Crippen LogP contribution is -2.00. The van der Waals surface area contributed by atoms with Gasteiger partial charge in [0.25, 0.3) is 0 Å². The van der Waals surface area contributed by atoms with E-state index in [4.69, 9.17) is 4.74 Å². The number of methoxy groups -OCH3 is 1. The third-order valence-electron chi connectivity index (χ3n) is 3.19. The molecule has 0 aliphatic rings. The van der Waals surface area contributed by atoms with Crippen LogP contribution in [-0.4, -0.2) is 12.1 Å². The molecule has 1 aromatic carbocycles. The number of hydrogen-bond acceptors (Lipinski definition) is 3. The van der Waals surface area contributed by atoms with Crippen LogP contribution < -0.4 is 10.1 Å². The van der Waals surface area contributed by atoms with E-state index in [1.165, 1.54) is 5.56 Å². The van der Waals surface area contributed by atoms with Crippen molar-refractivity contribution in [3.05, 3.63) is 46.1 Å². The molecule has 0 fully saturated rings. The summed E-state index contributed by atoms with van der Waals surface area (Å²) in [6.45, 7) is 6.36. The van der Waals surface area contributed by atoms with E-state index in [9.17, 15) is 0 Å². The Morgan fingerprint density at radius 1 is 1.25 bits per heavy atom. The molecule has 4 heteroatoms. The third-order valence-corrected chi connectivity index (χ3v) is 3.62. The molecule has 1 N–H and O–H groups in total. The van der Waals surface area contributed by atoms with Crippen molar-refractivity contribution in [2.75, 3.05) is 12.4 Å². The summed E-state index contributed by atoms with van der Waals surface area (Å²) >= 11 is 3.42. The number of ether oxygens (including phenoxy) is 1. The van der Waals surface area contributed by atoms with E-state index in [1.54, 1.807) is 13.3 Å². The minimum Gasteiger partial charge on any atom is -0.495 e. The van der Waals surface area contributed by atoms with Crippen molar-refractivity contribution in [1.82, 2.24) is 4.98 Å². The van der Waals surface area contributed by atoms with Crippen LogP contribution in [0.3, 0.4) is 0 Å². The van der Waals surface area contributed by atoms with Gasteiger partial charge in [-0.3, -0.25) is 0 Å². The standard InChI is InChI=1S/C16H19BrN2O/c1-10(2)12-5-6-14(15(8-12)20-4)19-16-11(3)7-13(17)9-18-16/h5-10H,1-4H3,(H,18,19). The largest absolute Gasteiger partial charge is 0.495 e. The molecule has 0 aliphatic heterocycles. The summed E-state index contributed by atoms with van der Waals surface area (Å²) in [5, 5.41) is 3.33. The van der Waals surface area contributed by atoms with E-state index in [1.807, 2.05) is 19.1 Å². The number of nitrogens with zero attached hydrogens (tertiary/aromatic N) is 1. The molecule has 2 aromatic rings. The Hall–Kier alpha value is -1.55. The summed E-state index contributed by atoms with van der Waals surface area (Å²) in [4.78, 5) is 4.39. The van der Waals surface area contributed by atoms with Crippen LogP contribution in [0.2, 0.25) is 0 Å². The molecule has 3 nitrogen and oxygen atoms in total. The van der Waals surface area contributed by atoms with Crippen molar-refractivity contribution >= 4 is 27.4 Å². The third kappa shape index (κ3) is 3.31. The zero-order valence-corrected chi connectivity index (χ0v) is 13.8. The molecule has 0 unspecified atom stereocenters. The molecule has 0 bridgehead atoms. The van der Waals surface area contributed by atoms with Crippen molar-refractivity contribution in [2.45, 2.75) is 26.7 Å². The normalized spacial score (nSPS) is 10.7. The van der Waals surface area contributed by atoms with E-state index in [2.05, 4.69) is 52.2 Å². The molecule has 1 heterocycles. The minimum atomic E-state index is 0.477. The fraction of sp³-hybridized carbons (Fsp3) is 0.312. The lowest BCUT2D eigenvalue weighted by atomic mass is 10.0. The topological polar surface area (TPSA) is 34.1 Å². The molecule has 0 aliphatic carbocycles. The number of pyridine rings is 1. The van der Waals surface area contributed by atoms with Crippen LogP contribution in [0.15, 0.2) is 34.9 Å². The van der Waals surface area contributed by atoms with Gasteiger partial charge in [0.2, 0.25) is 0 Å². The van der Waals surface area contributed by atoms with Crippen molar-refractivity contribution in [1.29, 1.82) is 0 Å². The maximum atomic E-state index is 5.47. The highest BCUT2D eigenvalue weighted by molar-refractivity contribution is 9.10. The smallest absolute Gasteiger partial charge is 0.142 e. The predicted octanol–water partition coefficient (Wildman–Crippen LogP) is 5.03. The summed E-state index contributed by atoms with van der Waals surface area (Å²) in [6, 6.07) is 8.26. The van der Waals surface area contributed by atoms with Crippen LogP contribution in [-0.2, 0) is 0 Å². The molecule has 0 radical (unpaired) electrons. The SMILES string of the molecule is COc1cc(C(C)C)ccc1Nc1ncc(Br)cc1C. The Morgan fingerprint density at radius 3 is 2.60 bits per heavy atom. The van der Waals surface area contributed by atoms with Crippen LogP contribution in [0.5, 0.6) is 5.75 Å². The molecule has 106 valence electrons. The Kier molecular flexibility index (Phi) is 4.65. The number of rotatable bonds is 4. The van der Waals surface area contributed by atoms with Crippen LogP contribution in [0.25, 0.3) is 0 Å². The van der Waals surface area contributed by atoms with E-state index < -0.39 is 0 Å². The first-order valence-electron chi connectivity index (χ1n) is 6.58. The highest BCUT2D eigenvalue weighted by Gasteiger charge is 2.09. The number of hydrogen-bond donors (Lipinski definition) is 1. The van der Waals surface area contributed by atoms with Crippen LogP contribution in [0.1, 0.15) is 30.9 Å². The number of halogens is 1. The van der Waals surface area contributed by atoms with Gasteiger partial charge in [-0.25, -0.2) is 4.98 Å². The van der Waals surface area contributed by atoms with E-state index >= 15 is 0 Å². The summed E-state index contributed by atoms with van der Waals surface area (Å²) in [7, 11) is 1.69. The quantitative estimate of drug-likeness (QED) is 0.851. The minimum absolute atomic E-state index is 0.477. The predicted molar refractivity (Wildman–Crippen MR) is 87.0 cm³/mol. The van der Waals surface area contributed by atoms with Gasteiger partial charge in [-0.05, 0) is 58.1 Å². The second kappa shape index (κ2) is 6.27. The zero-order valence-electron chi connectivity index (χ0n) is 12.2. The summed E-state index contributed by atoms with van der Waals surface area (Å²) in [6.07, 6.45) is 1.78. The number of benzene rings is 1. The zero-order chi connectivity index (χ0) is 14.7. The number of aryl methyl sites for hydroxylation is 1. The first-order valence-corrected chi connectivity index (χ1v) is 7.37. The lowest BCUT2D eigenvalue weighted by Gasteiger charge is -2.15. The molecule has 2 rings (SSSR count). The second-order valence-electron chi connectivity index (χ2n) is 5.06. The van der Waals surface area contributed by atoms with E-state index in [0.717, 1.165) is 27.3 Å². The van der Waals surface area contributed by atoms with Crippen molar-refractivity contribution in [3.8, 4) is 5.75 Å². The van der Waals surface area contributed by atoms with Crippen LogP contribution in [0.4, 0.5) is 11.5 Å². The fourth-order valence-electron chi connectivity index (χ4n) is 1.97. The Morgan fingerprint density at radius 2 is 2.00 bits per heavy atom. The fourth-order valence-corrected chi connectivity index (χ4v) is 2.41. The maximum absolute atomic E-state index is 5.47. The molecular weight excluding hydrogens is 316 g/mol. The van der Waals surface area contributed by atoms with Gasteiger partial charge in [-0.15, -0.1) is 0 Å². The van der Waals surface area contributed by atoms with Gasteiger partial charge >= 0.3 is 0 Å². The summed E-state index contributed by atoms with van der Waals surface area (Å²) in [5.74, 6) is 2.15. The average Bonchev–Trinajstić information content (AvgIpc) is 2.42. The molecule has 0 atom stereocenters. The van der Waals surface area contributed by atoms with Crippen molar-refractivity contribution in [2.24, 2.45) is 0 Å². The summed E-state index contributed by atoms with van der Waals surface area (Å²) in [5.41, 5.74) is 3.26. The Labute approximate surface area is 128 Å². The highest BCUT2D eigenvalue weighted by atomic mass is 79.9. The van der Waals surface area contributed by atoms with Gasteiger partial charge in [-0.1, -0.05) is 19.9 Å². The number of nitrogens with one attached hydrogen (secondary N) is 1. The van der Waals surface area contributed by atoms with Crippen molar-refractivity contribution < 1.29 is 4.74 Å². The van der Waals surface area contributed by atoms with Gasteiger partial charge in [0.15, 0.2) is 0 Å². The second-order valence-corrected chi connectivity index (χ2v) is 5.97. The van der Waals surface area contributed by atoms with Gasteiger partial charge in [0.1, 0.15) is 11.6 Å². The van der Waals surface area contributed by atoms with Gasteiger partial charge in [-0.2, -0.15) is 0 Å². The van der Waals surface area contributed by atoms with Crippen molar-refractivity contribution in [3.63, 3.8) is 0 Å². The van der Waals surface area contributed by atoms with Gasteiger partial charge < -0.3 is 10.1 Å². The lowest BCUT2D eigenvalue weighted by molar-refractivity contribution is 0.416. The molecular formula is C16H19BrN2O. The average molecular weight is 335 g/mol. The molecule has 0 amide bonds. The summed E-state index contributed by atoms with van der Waals surface area (Å²) < 4.78 is 6.45. The molecule has 0 saturated heterocycles. The maximum Gasteiger partial charge on any atom is 0.142 e. The molecule has 1 aromatic heterocycles. The van der Waals surface area contributed by atoms with E-state index in [0.29, 0.717) is 5.92 Å². The van der Waals surface area contributed by atoms with Gasteiger partial charge in [0.05, 0.1) is 12.8 Å². The first-order chi connectivity index (χ1) is 9.51.